The Morgan fingerprint density at radius 3 is 2.86 bits per heavy atom. The van der Waals surface area contributed by atoms with E-state index in [9.17, 15) is 9.59 Å². The molecule has 3 heterocycles. The molecule has 8 heteroatoms. The van der Waals surface area contributed by atoms with Gasteiger partial charge in [-0.15, -0.1) is 11.3 Å². The molecule has 28 heavy (non-hydrogen) atoms. The van der Waals surface area contributed by atoms with Crippen LogP contribution < -0.4 is 5.56 Å². The van der Waals surface area contributed by atoms with Crippen LogP contribution in [-0.2, 0) is 27.5 Å². The van der Waals surface area contributed by atoms with Crippen LogP contribution in [0.2, 0.25) is 0 Å². The van der Waals surface area contributed by atoms with Crippen LogP contribution in [0.5, 0.6) is 0 Å². The molecule has 4 aromatic rings. The molecule has 0 spiro atoms. The van der Waals surface area contributed by atoms with Crippen molar-refractivity contribution in [1.82, 2.24) is 14.4 Å². The topological polar surface area (TPSA) is 82.8 Å². The highest BCUT2D eigenvalue weighted by Gasteiger charge is 2.09. The third kappa shape index (κ3) is 3.92. The van der Waals surface area contributed by atoms with Crippen molar-refractivity contribution in [2.45, 2.75) is 20.1 Å². The van der Waals surface area contributed by atoms with Crippen LogP contribution in [0.25, 0.3) is 15.9 Å². The monoisotopic (exact) mass is 395 g/mol. The van der Waals surface area contributed by atoms with Gasteiger partial charge in [0.2, 0.25) is 0 Å². The van der Waals surface area contributed by atoms with E-state index in [1.165, 1.54) is 21.8 Å². The van der Waals surface area contributed by atoms with Crippen LogP contribution >= 0.6 is 11.3 Å². The fraction of sp³-hybridized carbons (Fsp3) is 0.200. The Bertz CT molecular complexity index is 1180. The number of aryl methyl sites for hydroxylation is 1. The van der Waals surface area contributed by atoms with Gasteiger partial charge in [-0.05, 0) is 30.7 Å². The fourth-order valence-corrected chi connectivity index (χ4v) is 3.69. The molecule has 0 bridgehead atoms. The number of rotatable bonds is 6. The molecule has 7 nitrogen and oxygen atoms in total. The van der Waals surface area contributed by atoms with Gasteiger partial charge in [0.1, 0.15) is 23.9 Å². The summed E-state index contributed by atoms with van der Waals surface area (Å²) in [7, 11) is 0. The molecule has 0 radical (unpaired) electrons. The van der Waals surface area contributed by atoms with Crippen molar-refractivity contribution in [3.05, 3.63) is 75.3 Å². The lowest BCUT2D eigenvalue weighted by Crippen LogP contribution is -2.18. The van der Waals surface area contributed by atoms with E-state index in [1.807, 2.05) is 37.3 Å². The number of para-hydroxylation sites is 1. The number of benzene rings is 1. The number of pyridine rings is 1. The average molecular weight is 395 g/mol. The summed E-state index contributed by atoms with van der Waals surface area (Å²) in [5, 5.41) is 0.800. The fourth-order valence-electron chi connectivity index (χ4n) is 2.78. The van der Waals surface area contributed by atoms with Crippen molar-refractivity contribution in [2.75, 3.05) is 6.61 Å². The van der Waals surface area contributed by atoms with Crippen LogP contribution in [0.3, 0.4) is 0 Å². The summed E-state index contributed by atoms with van der Waals surface area (Å²) in [6, 6.07) is 12.8. The predicted octanol–water partition coefficient (Wildman–Crippen LogP) is 2.87. The molecule has 0 aliphatic heterocycles. The van der Waals surface area contributed by atoms with Gasteiger partial charge in [0.25, 0.3) is 5.56 Å². The minimum absolute atomic E-state index is 0.0800. The summed E-state index contributed by atoms with van der Waals surface area (Å²) in [6.45, 7) is 1.83. The van der Waals surface area contributed by atoms with Crippen molar-refractivity contribution in [1.29, 1.82) is 0 Å². The van der Waals surface area contributed by atoms with E-state index >= 15 is 0 Å². The van der Waals surface area contributed by atoms with E-state index in [4.69, 9.17) is 9.47 Å². The first-order chi connectivity index (χ1) is 13.6. The normalized spacial score (nSPS) is 11.2. The van der Waals surface area contributed by atoms with Crippen LogP contribution in [0.1, 0.15) is 16.3 Å². The van der Waals surface area contributed by atoms with Gasteiger partial charge >= 0.3 is 5.97 Å². The Labute approximate surface area is 164 Å². The Morgan fingerprint density at radius 1 is 1.14 bits per heavy atom. The molecule has 0 atom stereocenters. The number of carbonyl (C=O) groups is 1. The van der Waals surface area contributed by atoms with Gasteiger partial charge in [-0.3, -0.25) is 9.20 Å². The lowest BCUT2D eigenvalue weighted by Gasteiger charge is -2.07. The second-order valence-electron chi connectivity index (χ2n) is 6.20. The molecule has 0 N–H and O–H groups in total. The van der Waals surface area contributed by atoms with Crippen LogP contribution in [0.4, 0.5) is 0 Å². The molecule has 1 aromatic carbocycles. The number of nitrogens with zero attached hydrogens (tertiary/aromatic N) is 3. The molecule has 0 unspecified atom stereocenters. The van der Waals surface area contributed by atoms with E-state index in [1.54, 1.807) is 12.3 Å². The zero-order chi connectivity index (χ0) is 19.5. The van der Waals surface area contributed by atoms with Crippen LogP contribution in [0.15, 0.2) is 53.5 Å². The minimum atomic E-state index is -0.520. The highest BCUT2D eigenvalue weighted by atomic mass is 32.1. The lowest BCUT2D eigenvalue weighted by molar-refractivity contribution is -0.150. The first kappa shape index (κ1) is 18.3. The molecule has 0 aliphatic rings. The summed E-state index contributed by atoms with van der Waals surface area (Å²) >= 11 is 1.53. The number of thiazole rings is 1. The predicted molar refractivity (Wildman–Crippen MR) is 105 cm³/mol. The number of aromatic nitrogens is 3. The van der Waals surface area contributed by atoms with E-state index in [0.717, 1.165) is 20.8 Å². The van der Waals surface area contributed by atoms with Gasteiger partial charge in [0.15, 0.2) is 0 Å². The van der Waals surface area contributed by atoms with E-state index in [-0.39, 0.29) is 25.4 Å². The lowest BCUT2D eigenvalue weighted by atomic mass is 10.3. The van der Waals surface area contributed by atoms with Crippen molar-refractivity contribution < 1.29 is 14.3 Å². The molecule has 0 amide bonds. The number of esters is 1. The van der Waals surface area contributed by atoms with Crippen LogP contribution in [0, 0.1) is 6.92 Å². The molecule has 0 fully saturated rings. The summed E-state index contributed by atoms with van der Waals surface area (Å²) in [5.74, 6) is -0.520. The largest absolute Gasteiger partial charge is 0.457 e. The third-order valence-electron chi connectivity index (χ3n) is 4.10. The zero-order valence-electron chi connectivity index (χ0n) is 15.1. The van der Waals surface area contributed by atoms with Gasteiger partial charge in [0, 0.05) is 12.3 Å². The van der Waals surface area contributed by atoms with Crippen molar-refractivity contribution >= 4 is 33.2 Å². The summed E-state index contributed by atoms with van der Waals surface area (Å²) in [6.07, 6.45) is 1.66. The van der Waals surface area contributed by atoms with Crippen molar-refractivity contribution in [3.8, 4) is 0 Å². The summed E-state index contributed by atoms with van der Waals surface area (Å²) in [4.78, 5) is 32.9. The highest BCUT2D eigenvalue weighted by molar-refractivity contribution is 7.18. The smallest absolute Gasteiger partial charge is 0.332 e. The SMILES string of the molecule is Cc1cccn2c(=O)cc(COC(=O)COCc3nc4ccccc4s3)nc12. The van der Waals surface area contributed by atoms with Crippen LogP contribution in [-0.4, -0.2) is 26.9 Å². The highest BCUT2D eigenvalue weighted by Crippen LogP contribution is 2.21. The number of ether oxygens (including phenoxy) is 2. The standard InChI is InChI=1S/C20H17N3O4S/c1-13-5-4-8-23-18(24)9-14(21-20(13)23)10-27-19(25)12-26-11-17-22-15-6-2-3-7-16(15)28-17/h2-9H,10-12H2,1H3. The Hall–Kier alpha value is -3.10. The molecule has 142 valence electrons. The molecular formula is C20H17N3O4S. The first-order valence-electron chi connectivity index (χ1n) is 8.66. The summed E-state index contributed by atoms with van der Waals surface area (Å²) < 4.78 is 13.1. The third-order valence-corrected chi connectivity index (χ3v) is 5.11. The number of hydrogen-bond donors (Lipinski definition) is 0. The maximum absolute atomic E-state index is 12.2. The quantitative estimate of drug-likeness (QED) is 0.467. The van der Waals surface area contributed by atoms with Gasteiger partial charge in [-0.25, -0.2) is 14.8 Å². The average Bonchev–Trinajstić information content (AvgIpc) is 3.10. The number of carbonyl (C=O) groups excluding carboxylic acids is 1. The number of hydrogen-bond acceptors (Lipinski definition) is 7. The van der Waals surface area contributed by atoms with Gasteiger partial charge in [-0.1, -0.05) is 18.2 Å². The molecule has 0 aliphatic carbocycles. The van der Waals surface area contributed by atoms with Gasteiger partial charge < -0.3 is 9.47 Å². The number of fused-ring (bicyclic) bond motifs is 2. The zero-order valence-corrected chi connectivity index (χ0v) is 15.9. The van der Waals surface area contributed by atoms with E-state index < -0.39 is 5.97 Å². The van der Waals surface area contributed by atoms with E-state index in [0.29, 0.717) is 11.3 Å². The van der Waals surface area contributed by atoms with Gasteiger partial charge in [-0.2, -0.15) is 0 Å². The maximum Gasteiger partial charge on any atom is 0.332 e. The summed E-state index contributed by atoms with van der Waals surface area (Å²) in [5.41, 5.74) is 2.52. The second kappa shape index (κ2) is 7.87. The molecule has 4 rings (SSSR count). The minimum Gasteiger partial charge on any atom is -0.457 e. The van der Waals surface area contributed by atoms with E-state index in [2.05, 4.69) is 9.97 Å². The van der Waals surface area contributed by atoms with Gasteiger partial charge in [0.05, 0.1) is 22.5 Å². The molecular weight excluding hydrogens is 378 g/mol. The van der Waals surface area contributed by atoms with Crippen molar-refractivity contribution in [3.63, 3.8) is 0 Å². The first-order valence-corrected chi connectivity index (χ1v) is 9.47. The Balaban J connectivity index is 1.32. The molecule has 0 saturated heterocycles. The second-order valence-corrected chi connectivity index (χ2v) is 7.31. The van der Waals surface area contributed by atoms with Crippen molar-refractivity contribution in [2.24, 2.45) is 0 Å². The molecule has 0 saturated carbocycles. The Morgan fingerprint density at radius 2 is 2.00 bits per heavy atom. The Kier molecular flexibility index (Phi) is 5.14. The molecule has 3 aromatic heterocycles. The maximum atomic E-state index is 12.2.